The van der Waals surface area contributed by atoms with E-state index < -0.39 is 0 Å². The Kier molecular flexibility index (Phi) is 3.55. The largest absolute Gasteiger partial charge is 0.504 e. The van der Waals surface area contributed by atoms with E-state index in [9.17, 15) is 5.11 Å². The van der Waals surface area contributed by atoms with Crippen LogP contribution < -0.4 is 9.64 Å². The molecule has 0 spiro atoms. The summed E-state index contributed by atoms with van der Waals surface area (Å²) in [7, 11) is 3.44. The monoisotopic (exact) mass is 295 g/mol. The summed E-state index contributed by atoms with van der Waals surface area (Å²) in [6.45, 7) is 1.87. The molecule has 112 valence electrons. The van der Waals surface area contributed by atoms with Crippen LogP contribution in [0.15, 0.2) is 42.5 Å². The van der Waals surface area contributed by atoms with Gasteiger partial charge in [-0.15, -0.1) is 0 Å². The second-order valence-corrected chi connectivity index (χ2v) is 5.03. The van der Waals surface area contributed by atoms with Gasteiger partial charge >= 0.3 is 0 Å². The van der Waals surface area contributed by atoms with E-state index in [-0.39, 0.29) is 5.75 Å². The molecule has 3 rings (SSSR count). The van der Waals surface area contributed by atoms with Crippen molar-refractivity contribution in [2.24, 2.45) is 0 Å². The lowest BCUT2D eigenvalue weighted by Gasteiger charge is -2.21. The van der Waals surface area contributed by atoms with Crippen LogP contribution in [0.25, 0.3) is 10.9 Å². The van der Waals surface area contributed by atoms with Crippen molar-refractivity contribution in [3.8, 4) is 11.5 Å². The van der Waals surface area contributed by atoms with Gasteiger partial charge in [-0.3, -0.25) is 0 Å². The molecule has 0 unspecified atom stereocenters. The van der Waals surface area contributed by atoms with Gasteiger partial charge in [0.15, 0.2) is 11.5 Å². The van der Waals surface area contributed by atoms with Crippen molar-refractivity contribution < 1.29 is 9.84 Å². The summed E-state index contributed by atoms with van der Waals surface area (Å²) in [5, 5.41) is 10.9. The average molecular weight is 295 g/mol. The highest BCUT2D eigenvalue weighted by Crippen LogP contribution is 2.34. The summed E-state index contributed by atoms with van der Waals surface area (Å²) in [5.41, 5.74) is 1.72. The molecule has 0 aliphatic heterocycles. The molecule has 0 saturated heterocycles. The maximum atomic E-state index is 9.97. The lowest BCUT2D eigenvalue weighted by molar-refractivity contribution is 0.373. The Morgan fingerprint density at radius 3 is 2.59 bits per heavy atom. The zero-order valence-electron chi connectivity index (χ0n) is 12.7. The number of rotatable bonds is 3. The number of aromatic nitrogens is 2. The zero-order chi connectivity index (χ0) is 15.7. The normalized spacial score (nSPS) is 10.7. The number of fused-ring (bicyclic) bond motifs is 1. The fourth-order valence-corrected chi connectivity index (χ4v) is 2.44. The van der Waals surface area contributed by atoms with Gasteiger partial charge in [-0.1, -0.05) is 12.1 Å². The molecule has 0 bridgehead atoms. The molecule has 1 heterocycles. The molecular weight excluding hydrogens is 278 g/mol. The molecule has 0 saturated carbocycles. The van der Waals surface area contributed by atoms with Gasteiger partial charge in [-0.25, -0.2) is 9.97 Å². The number of para-hydroxylation sites is 1. The average Bonchev–Trinajstić information content (AvgIpc) is 2.53. The second-order valence-electron chi connectivity index (χ2n) is 5.03. The summed E-state index contributed by atoms with van der Waals surface area (Å²) in [6.07, 6.45) is 0. The van der Waals surface area contributed by atoms with Crippen molar-refractivity contribution in [3.05, 3.63) is 48.3 Å². The van der Waals surface area contributed by atoms with Crippen LogP contribution >= 0.6 is 0 Å². The Morgan fingerprint density at radius 2 is 1.86 bits per heavy atom. The predicted octanol–water partition coefficient (Wildman–Crippen LogP) is 3.42. The van der Waals surface area contributed by atoms with E-state index in [2.05, 4.69) is 9.97 Å². The van der Waals surface area contributed by atoms with Crippen LogP contribution in [-0.2, 0) is 0 Å². The van der Waals surface area contributed by atoms with Crippen LogP contribution in [0.5, 0.6) is 11.5 Å². The number of phenolic OH excluding ortho intramolecular Hbond substituents is 1. The number of methoxy groups -OCH3 is 1. The van der Waals surface area contributed by atoms with Gasteiger partial charge in [-0.2, -0.15) is 0 Å². The minimum atomic E-state index is 0.0990. The Balaban J connectivity index is 2.12. The lowest BCUT2D eigenvalue weighted by atomic mass is 10.2. The third-order valence-corrected chi connectivity index (χ3v) is 3.56. The third-order valence-electron chi connectivity index (χ3n) is 3.56. The van der Waals surface area contributed by atoms with Crippen molar-refractivity contribution >= 4 is 22.4 Å². The minimum Gasteiger partial charge on any atom is -0.504 e. The van der Waals surface area contributed by atoms with Gasteiger partial charge in [0.1, 0.15) is 11.6 Å². The van der Waals surface area contributed by atoms with Crippen LogP contribution in [0, 0.1) is 6.92 Å². The molecule has 0 radical (unpaired) electrons. The number of anilines is 2. The first-order valence-electron chi connectivity index (χ1n) is 6.94. The van der Waals surface area contributed by atoms with Crippen LogP contribution in [0.4, 0.5) is 11.5 Å². The van der Waals surface area contributed by atoms with Gasteiger partial charge < -0.3 is 14.7 Å². The van der Waals surface area contributed by atoms with E-state index >= 15 is 0 Å². The zero-order valence-corrected chi connectivity index (χ0v) is 12.7. The van der Waals surface area contributed by atoms with E-state index in [4.69, 9.17) is 4.74 Å². The molecule has 0 fully saturated rings. The smallest absolute Gasteiger partial charge is 0.160 e. The summed E-state index contributed by atoms with van der Waals surface area (Å²) in [5.74, 6) is 2.05. The maximum Gasteiger partial charge on any atom is 0.160 e. The van der Waals surface area contributed by atoms with Crippen molar-refractivity contribution in [2.75, 3.05) is 19.1 Å². The quantitative estimate of drug-likeness (QED) is 0.802. The third kappa shape index (κ3) is 2.41. The first kappa shape index (κ1) is 14.1. The van der Waals surface area contributed by atoms with Gasteiger partial charge in [0.05, 0.1) is 12.6 Å². The topological polar surface area (TPSA) is 58.5 Å². The van der Waals surface area contributed by atoms with E-state index in [1.54, 1.807) is 12.1 Å². The molecule has 22 heavy (non-hydrogen) atoms. The fourth-order valence-electron chi connectivity index (χ4n) is 2.44. The van der Waals surface area contributed by atoms with E-state index in [1.807, 2.05) is 49.2 Å². The predicted molar refractivity (Wildman–Crippen MR) is 87.0 cm³/mol. The van der Waals surface area contributed by atoms with Gasteiger partial charge in [-0.05, 0) is 31.2 Å². The Labute approximate surface area is 128 Å². The van der Waals surface area contributed by atoms with Crippen LogP contribution in [0.1, 0.15) is 5.82 Å². The Morgan fingerprint density at radius 1 is 1.09 bits per heavy atom. The van der Waals surface area contributed by atoms with Crippen molar-refractivity contribution in [3.63, 3.8) is 0 Å². The van der Waals surface area contributed by atoms with Gasteiger partial charge in [0.2, 0.25) is 0 Å². The highest BCUT2D eigenvalue weighted by Gasteiger charge is 2.13. The number of aryl methyl sites for hydroxylation is 1. The van der Waals surface area contributed by atoms with E-state index in [0.717, 1.165) is 22.4 Å². The van der Waals surface area contributed by atoms with Crippen molar-refractivity contribution in [1.29, 1.82) is 0 Å². The first-order chi connectivity index (χ1) is 10.6. The van der Waals surface area contributed by atoms with E-state index in [1.165, 1.54) is 7.11 Å². The highest BCUT2D eigenvalue weighted by atomic mass is 16.5. The Hall–Kier alpha value is -2.82. The summed E-state index contributed by atoms with van der Waals surface area (Å²) in [6, 6.07) is 13.1. The van der Waals surface area contributed by atoms with E-state index in [0.29, 0.717) is 11.6 Å². The summed E-state index contributed by atoms with van der Waals surface area (Å²) >= 11 is 0. The van der Waals surface area contributed by atoms with Gasteiger partial charge in [0, 0.05) is 24.2 Å². The molecule has 1 aromatic heterocycles. The molecular formula is C17H17N3O2. The molecule has 1 N–H and O–H groups in total. The molecule has 0 amide bonds. The number of hydrogen-bond donors (Lipinski definition) is 1. The van der Waals surface area contributed by atoms with Gasteiger partial charge in [0.25, 0.3) is 0 Å². The Bertz CT molecular complexity index is 833. The highest BCUT2D eigenvalue weighted by molar-refractivity contribution is 5.91. The summed E-state index contributed by atoms with van der Waals surface area (Å²) < 4.78 is 5.08. The second kappa shape index (κ2) is 5.52. The number of benzene rings is 2. The SMILES string of the molecule is COc1ccc(N(C)c2nc(C)nc3ccccc23)cc1O. The van der Waals surface area contributed by atoms with Crippen molar-refractivity contribution in [2.45, 2.75) is 6.92 Å². The molecule has 0 aliphatic carbocycles. The fraction of sp³-hybridized carbons (Fsp3) is 0.176. The molecule has 0 aliphatic rings. The molecule has 5 heteroatoms. The molecule has 0 atom stereocenters. The molecule has 3 aromatic rings. The molecule has 5 nitrogen and oxygen atoms in total. The molecule has 2 aromatic carbocycles. The standard InChI is InChI=1S/C17H17N3O2/c1-11-18-14-7-5-4-6-13(14)17(19-11)20(2)12-8-9-16(22-3)15(21)10-12/h4-10,21H,1-3H3. The summed E-state index contributed by atoms with van der Waals surface area (Å²) in [4.78, 5) is 10.9. The number of aromatic hydroxyl groups is 1. The minimum absolute atomic E-state index is 0.0990. The first-order valence-corrected chi connectivity index (χ1v) is 6.94. The number of phenols is 1. The lowest BCUT2D eigenvalue weighted by Crippen LogP contribution is -2.13. The maximum absolute atomic E-state index is 9.97. The van der Waals surface area contributed by atoms with Crippen LogP contribution in [0.2, 0.25) is 0 Å². The van der Waals surface area contributed by atoms with Crippen molar-refractivity contribution in [1.82, 2.24) is 9.97 Å². The number of ether oxygens (including phenoxy) is 1. The van der Waals surface area contributed by atoms with Crippen LogP contribution in [0.3, 0.4) is 0 Å². The van der Waals surface area contributed by atoms with Crippen LogP contribution in [-0.4, -0.2) is 29.2 Å². The number of hydrogen-bond acceptors (Lipinski definition) is 5. The number of nitrogens with zero attached hydrogens (tertiary/aromatic N) is 3.